The van der Waals surface area contributed by atoms with Crippen molar-refractivity contribution in [1.82, 2.24) is 0 Å². The van der Waals surface area contributed by atoms with Gasteiger partial charge in [0, 0.05) is 23.8 Å². The molecule has 3 aromatic rings. The van der Waals surface area contributed by atoms with E-state index >= 15 is 0 Å². The third-order valence-corrected chi connectivity index (χ3v) is 8.52. The third kappa shape index (κ3) is 15.9. The summed E-state index contributed by atoms with van der Waals surface area (Å²) in [6.45, 7) is 13.8. The molecule has 0 aliphatic carbocycles. The van der Waals surface area contributed by atoms with E-state index in [0.717, 1.165) is 0 Å². The molecule has 0 spiro atoms. The van der Waals surface area contributed by atoms with Crippen LogP contribution in [0.15, 0.2) is 91.0 Å². The molecule has 3 aromatic carbocycles. The van der Waals surface area contributed by atoms with Crippen molar-refractivity contribution in [3.8, 4) is 0 Å². The van der Waals surface area contributed by atoms with Crippen LogP contribution in [0.4, 0.5) is 0 Å². The van der Waals surface area contributed by atoms with E-state index in [1.165, 1.54) is 15.9 Å². The van der Waals surface area contributed by atoms with Crippen LogP contribution in [0, 0.1) is 0 Å². The van der Waals surface area contributed by atoms with E-state index in [9.17, 15) is 0 Å². The van der Waals surface area contributed by atoms with Crippen molar-refractivity contribution in [1.29, 1.82) is 0 Å². The molecular weight excluding hydrogens is 553 g/mol. The van der Waals surface area contributed by atoms with E-state index in [4.69, 9.17) is 19.4 Å². The molecule has 0 N–H and O–H groups in total. The standard InChI is InChI=1S/3C8H11P.2ClH.Ru/c3*1-9(2)8-6-4-3-5-7-8;;;/h3*3-7H,1-2H3;2*1H;/q;;;;;+2/p+1. The Morgan fingerprint density at radius 1 is 0.433 bits per heavy atom. The summed E-state index contributed by atoms with van der Waals surface area (Å²) < 4.78 is 0. The maximum atomic E-state index is 4.85. The topological polar surface area (TPSA) is 0 Å². The minimum absolute atomic E-state index is 0.212. The van der Waals surface area contributed by atoms with Gasteiger partial charge in [-0.25, -0.2) is 0 Å². The summed E-state index contributed by atoms with van der Waals surface area (Å²) >= 11 is -0.346. The first-order valence-electron chi connectivity index (χ1n) is 9.75. The predicted molar refractivity (Wildman–Crippen MR) is 150 cm³/mol. The number of benzene rings is 3. The van der Waals surface area contributed by atoms with Crippen LogP contribution in [0.3, 0.4) is 0 Å². The second-order valence-electron chi connectivity index (χ2n) is 7.15. The zero-order valence-electron chi connectivity index (χ0n) is 18.8. The third-order valence-electron chi connectivity index (χ3n) is 4.05. The average molecular weight is 589 g/mol. The zero-order valence-corrected chi connectivity index (χ0v) is 25.0. The van der Waals surface area contributed by atoms with Crippen LogP contribution >= 0.6 is 43.1 Å². The molecule has 0 nitrogen and oxygen atoms in total. The van der Waals surface area contributed by atoms with Gasteiger partial charge in [-0.1, -0.05) is 54.6 Å². The van der Waals surface area contributed by atoms with Crippen molar-refractivity contribution >= 4 is 59.1 Å². The number of rotatable bonds is 3. The van der Waals surface area contributed by atoms with Crippen LogP contribution in [-0.2, 0) is 15.1 Å². The molecule has 0 aromatic heterocycles. The fourth-order valence-electron chi connectivity index (χ4n) is 2.31. The van der Waals surface area contributed by atoms with Gasteiger partial charge < -0.3 is 0 Å². The van der Waals surface area contributed by atoms with E-state index in [1.807, 2.05) is 0 Å². The Hall–Kier alpha value is 0.153. The Morgan fingerprint density at radius 2 is 0.600 bits per heavy atom. The van der Waals surface area contributed by atoms with Gasteiger partial charge in [0.2, 0.25) is 0 Å². The fourth-order valence-corrected chi connectivity index (χ4v) is 4.89. The Kier molecular flexibility index (Phi) is 19.9. The first kappa shape index (κ1) is 30.2. The molecule has 0 bridgehead atoms. The number of hydrogen-bond acceptors (Lipinski definition) is 0. The number of hydrogen-bond donors (Lipinski definition) is 0. The van der Waals surface area contributed by atoms with Gasteiger partial charge in [-0.2, -0.15) is 0 Å². The molecule has 0 amide bonds. The van der Waals surface area contributed by atoms with Gasteiger partial charge in [0.1, 0.15) is 0 Å². The molecule has 0 fully saturated rings. The van der Waals surface area contributed by atoms with Crippen molar-refractivity contribution in [2.75, 3.05) is 40.0 Å². The van der Waals surface area contributed by atoms with Crippen LogP contribution in [-0.4, -0.2) is 40.0 Å². The first-order valence-corrected chi connectivity index (χ1v) is 21.7. The molecule has 3 rings (SSSR count). The Bertz CT molecular complexity index is 637. The van der Waals surface area contributed by atoms with Crippen molar-refractivity contribution in [3.05, 3.63) is 91.0 Å². The SMILES string of the molecule is C[PH+](C)c1ccccc1.C[PH+](C)c1ccccc1.C[PH+](C)c1ccccc1.[Cl][Ru][Cl]. The normalized spacial score (nSPS) is 9.83. The Balaban J connectivity index is 0.000000394. The molecular formula is C24H36Cl2P3Ru+3. The maximum absolute atomic E-state index is 4.85. The molecule has 30 heavy (non-hydrogen) atoms. The summed E-state index contributed by atoms with van der Waals surface area (Å²) in [4.78, 5) is 0. The van der Waals surface area contributed by atoms with Crippen molar-refractivity contribution in [3.63, 3.8) is 0 Å². The summed E-state index contributed by atoms with van der Waals surface area (Å²) in [5.74, 6) is 0. The van der Waals surface area contributed by atoms with Gasteiger partial charge in [-0.05, 0) is 36.4 Å². The van der Waals surface area contributed by atoms with Crippen molar-refractivity contribution in [2.45, 2.75) is 0 Å². The second kappa shape index (κ2) is 19.8. The summed E-state index contributed by atoms with van der Waals surface area (Å²) in [7, 11) is 9.07. The average Bonchev–Trinajstić information content (AvgIpc) is 2.77. The van der Waals surface area contributed by atoms with Gasteiger partial charge in [-0.15, -0.1) is 0 Å². The van der Waals surface area contributed by atoms with E-state index in [0.29, 0.717) is 0 Å². The molecule has 166 valence electrons. The first-order chi connectivity index (χ1) is 14.3. The van der Waals surface area contributed by atoms with Gasteiger partial charge >= 0.3 is 34.5 Å². The van der Waals surface area contributed by atoms with Crippen molar-refractivity contribution < 1.29 is 15.1 Å². The van der Waals surface area contributed by atoms with Gasteiger partial charge in [0.05, 0.1) is 55.9 Å². The molecule has 0 aliphatic rings. The molecule has 0 atom stereocenters. The Morgan fingerprint density at radius 3 is 0.700 bits per heavy atom. The van der Waals surface area contributed by atoms with Crippen LogP contribution in [0.1, 0.15) is 0 Å². The van der Waals surface area contributed by atoms with E-state index in [1.54, 1.807) is 0 Å². The Labute approximate surface area is 204 Å². The van der Waals surface area contributed by atoms with Crippen LogP contribution < -0.4 is 15.9 Å². The van der Waals surface area contributed by atoms with Crippen LogP contribution in [0.25, 0.3) is 0 Å². The molecule has 0 unspecified atom stereocenters. The molecule has 0 heterocycles. The summed E-state index contributed by atoms with van der Waals surface area (Å²) in [6.07, 6.45) is 0. The monoisotopic (exact) mass is 589 g/mol. The van der Waals surface area contributed by atoms with Gasteiger partial charge in [0.15, 0.2) is 0 Å². The van der Waals surface area contributed by atoms with Crippen molar-refractivity contribution in [2.24, 2.45) is 0 Å². The van der Waals surface area contributed by atoms with Crippen LogP contribution in [0.2, 0.25) is 0 Å². The molecule has 0 saturated heterocycles. The van der Waals surface area contributed by atoms with E-state index < -0.39 is 0 Å². The van der Waals surface area contributed by atoms with Gasteiger partial charge in [-0.3, -0.25) is 0 Å². The summed E-state index contributed by atoms with van der Waals surface area (Å²) in [5.41, 5.74) is 0. The number of halogens is 2. The molecule has 0 radical (unpaired) electrons. The zero-order chi connectivity index (χ0) is 22.8. The summed E-state index contributed by atoms with van der Waals surface area (Å²) in [5, 5.41) is 4.55. The summed E-state index contributed by atoms with van der Waals surface area (Å²) in [6, 6.07) is 32.0. The van der Waals surface area contributed by atoms with E-state index in [2.05, 4.69) is 131 Å². The van der Waals surface area contributed by atoms with Crippen LogP contribution in [0.5, 0.6) is 0 Å². The molecule has 0 saturated carbocycles. The quantitative estimate of drug-likeness (QED) is 0.235. The molecule has 0 aliphatic heterocycles. The second-order valence-corrected chi connectivity index (χ2v) is 17.5. The van der Waals surface area contributed by atoms with E-state index in [-0.39, 0.29) is 38.9 Å². The fraction of sp³-hybridized carbons (Fsp3) is 0.250. The predicted octanol–water partition coefficient (Wildman–Crippen LogP) is 6.73. The molecule has 6 heteroatoms. The minimum atomic E-state index is -0.346. The van der Waals surface area contributed by atoms with Gasteiger partial charge in [0.25, 0.3) is 0 Å².